The average Bonchev–Trinajstić information content (AvgIpc) is 3.70. The predicted octanol–water partition coefficient (Wildman–Crippen LogP) is 6.58. The molecule has 3 aliphatic carbocycles. The molecule has 0 saturated heterocycles. The number of nitrogens with zero attached hydrogens (tertiary/aromatic N) is 1. The quantitative estimate of drug-likeness (QED) is 0.411. The van der Waals surface area contributed by atoms with Crippen molar-refractivity contribution in [1.82, 2.24) is 4.90 Å². The third-order valence-corrected chi connectivity index (χ3v) is 7.46. The lowest BCUT2D eigenvalue weighted by Gasteiger charge is -2.22. The van der Waals surface area contributed by atoms with Gasteiger partial charge in [-0.3, -0.25) is 9.69 Å². The summed E-state index contributed by atoms with van der Waals surface area (Å²) >= 11 is 0. The summed E-state index contributed by atoms with van der Waals surface area (Å²) < 4.78 is 0. The van der Waals surface area contributed by atoms with Gasteiger partial charge in [0.05, 0.1) is 0 Å². The minimum atomic E-state index is -0.0632. The van der Waals surface area contributed by atoms with Crippen LogP contribution in [0.4, 0.5) is 5.69 Å². The number of benzene rings is 3. The zero-order valence-electron chi connectivity index (χ0n) is 19.1. The lowest BCUT2D eigenvalue weighted by Crippen LogP contribution is -2.31. The van der Waals surface area contributed by atoms with Gasteiger partial charge in [0, 0.05) is 36.3 Å². The van der Waals surface area contributed by atoms with Crippen LogP contribution in [0.25, 0.3) is 11.1 Å². The smallest absolute Gasteiger partial charge is 0.255 e. The molecular weight excluding hydrogens is 404 g/mol. The van der Waals surface area contributed by atoms with E-state index < -0.39 is 0 Å². The van der Waals surface area contributed by atoms with E-state index in [1.165, 1.54) is 50.8 Å². The van der Waals surface area contributed by atoms with Gasteiger partial charge in [-0.2, -0.15) is 0 Å². The van der Waals surface area contributed by atoms with E-state index in [9.17, 15) is 4.79 Å². The molecule has 3 nitrogen and oxygen atoms in total. The maximum Gasteiger partial charge on any atom is 0.255 e. The molecule has 33 heavy (non-hydrogen) atoms. The third kappa shape index (κ3) is 5.04. The van der Waals surface area contributed by atoms with E-state index in [2.05, 4.69) is 46.6 Å². The van der Waals surface area contributed by atoms with Gasteiger partial charge in [0.1, 0.15) is 0 Å². The van der Waals surface area contributed by atoms with Crippen LogP contribution in [-0.2, 0) is 0 Å². The Morgan fingerprint density at radius 2 is 1.36 bits per heavy atom. The summed E-state index contributed by atoms with van der Waals surface area (Å²) in [5.41, 5.74) is 5.23. The molecule has 3 aromatic carbocycles. The summed E-state index contributed by atoms with van der Waals surface area (Å²) in [4.78, 5) is 15.5. The third-order valence-electron chi connectivity index (χ3n) is 7.46. The molecule has 3 heteroatoms. The van der Waals surface area contributed by atoms with Crippen molar-refractivity contribution >= 4 is 11.6 Å². The van der Waals surface area contributed by atoms with Crippen LogP contribution in [0.3, 0.4) is 0 Å². The van der Waals surface area contributed by atoms with Gasteiger partial charge in [0.25, 0.3) is 5.91 Å². The van der Waals surface area contributed by atoms with E-state index in [1.807, 2.05) is 42.5 Å². The lowest BCUT2D eigenvalue weighted by molar-refractivity contribution is 0.102. The van der Waals surface area contributed by atoms with Crippen LogP contribution in [0.1, 0.15) is 53.9 Å². The number of amides is 1. The number of rotatable bonds is 9. The zero-order chi connectivity index (χ0) is 22.2. The molecule has 0 spiro atoms. The topological polar surface area (TPSA) is 32.3 Å². The maximum atomic E-state index is 12.7. The van der Waals surface area contributed by atoms with Gasteiger partial charge >= 0.3 is 0 Å². The molecule has 0 unspecified atom stereocenters. The normalized spacial score (nSPS) is 21.7. The number of carbonyl (C=O) groups is 1. The largest absolute Gasteiger partial charge is 0.322 e. The first-order valence-electron chi connectivity index (χ1n) is 12.5. The van der Waals surface area contributed by atoms with Crippen molar-refractivity contribution in [3.05, 3.63) is 90.0 Å². The van der Waals surface area contributed by atoms with E-state index in [4.69, 9.17) is 0 Å². The highest BCUT2D eigenvalue weighted by atomic mass is 16.1. The van der Waals surface area contributed by atoms with Crippen molar-refractivity contribution in [2.45, 2.75) is 44.1 Å². The van der Waals surface area contributed by atoms with Crippen LogP contribution < -0.4 is 5.32 Å². The minimum Gasteiger partial charge on any atom is -0.322 e. The first-order chi connectivity index (χ1) is 16.2. The summed E-state index contributed by atoms with van der Waals surface area (Å²) in [7, 11) is 0. The summed E-state index contributed by atoms with van der Waals surface area (Å²) in [5.74, 6) is 2.53. The molecule has 2 atom stereocenters. The van der Waals surface area contributed by atoms with Crippen LogP contribution in [0, 0.1) is 11.8 Å². The van der Waals surface area contributed by atoms with E-state index in [0.717, 1.165) is 34.7 Å². The lowest BCUT2D eigenvalue weighted by atomic mass is 10.0. The Hall–Kier alpha value is -2.91. The molecule has 0 bridgehead atoms. The standard InChI is InChI=1S/C30H32N2O/c33-30(26-12-10-24(11-13-26)23-4-2-1-3-5-23)31-27-16-14-25(15-17-27)28-18-29(28)32(19-21-6-7-21)20-22-8-9-22/h1-5,10-17,21-22,28-29H,6-9,18-20H2,(H,31,33)/t28-,29+/m0/s1. The van der Waals surface area contributed by atoms with Crippen molar-refractivity contribution in [3.63, 3.8) is 0 Å². The van der Waals surface area contributed by atoms with Crippen LogP contribution in [0.2, 0.25) is 0 Å². The summed E-state index contributed by atoms with van der Waals surface area (Å²) in [6.07, 6.45) is 7.02. The van der Waals surface area contributed by atoms with Crippen molar-refractivity contribution in [1.29, 1.82) is 0 Å². The van der Waals surface area contributed by atoms with Gasteiger partial charge in [-0.1, -0.05) is 54.6 Å². The minimum absolute atomic E-state index is 0.0632. The molecule has 1 amide bonds. The molecule has 1 N–H and O–H groups in total. The second kappa shape index (κ2) is 8.79. The Labute approximate surface area is 196 Å². The van der Waals surface area contributed by atoms with Crippen molar-refractivity contribution < 1.29 is 4.79 Å². The molecule has 3 aromatic rings. The number of carbonyl (C=O) groups excluding carboxylic acids is 1. The van der Waals surface area contributed by atoms with Crippen LogP contribution >= 0.6 is 0 Å². The van der Waals surface area contributed by atoms with Gasteiger partial charge < -0.3 is 5.32 Å². The fourth-order valence-corrected chi connectivity index (χ4v) is 5.01. The number of anilines is 1. The Bertz CT molecular complexity index is 1080. The SMILES string of the molecule is O=C(Nc1ccc([C@@H]2C[C@H]2N(CC2CC2)CC2CC2)cc1)c1ccc(-c2ccccc2)cc1. The van der Waals surface area contributed by atoms with Crippen LogP contribution in [0.15, 0.2) is 78.9 Å². The van der Waals surface area contributed by atoms with Crippen LogP contribution in [0.5, 0.6) is 0 Å². The molecule has 3 aliphatic rings. The molecule has 6 rings (SSSR count). The Balaban J connectivity index is 1.06. The molecule has 0 radical (unpaired) electrons. The first-order valence-corrected chi connectivity index (χ1v) is 12.5. The highest BCUT2D eigenvalue weighted by molar-refractivity contribution is 6.04. The molecule has 0 aliphatic heterocycles. The Morgan fingerprint density at radius 1 is 0.758 bits per heavy atom. The molecule has 0 heterocycles. The van der Waals surface area contributed by atoms with Gasteiger partial charge in [-0.15, -0.1) is 0 Å². The molecular formula is C30H32N2O. The summed E-state index contributed by atoms with van der Waals surface area (Å²) in [6, 6.07) is 27.3. The second-order valence-corrected chi connectivity index (χ2v) is 10.3. The summed E-state index contributed by atoms with van der Waals surface area (Å²) in [5, 5.41) is 3.06. The molecule has 168 valence electrons. The molecule has 3 fully saturated rings. The van der Waals surface area contributed by atoms with E-state index in [-0.39, 0.29) is 5.91 Å². The average molecular weight is 437 g/mol. The highest BCUT2D eigenvalue weighted by Gasteiger charge is 2.45. The number of nitrogens with one attached hydrogen (secondary N) is 1. The summed E-state index contributed by atoms with van der Waals surface area (Å²) in [6.45, 7) is 2.63. The maximum absolute atomic E-state index is 12.7. The van der Waals surface area contributed by atoms with Gasteiger partial charge in [0.2, 0.25) is 0 Å². The van der Waals surface area contributed by atoms with Crippen LogP contribution in [-0.4, -0.2) is 29.9 Å². The second-order valence-electron chi connectivity index (χ2n) is 10.3. The fraction of sp³-hybridized carbons (Fsp3) is 0.367. The van der Waals surface area contributed by atoms with Crippen molar-refractivity contribution in [3.8, 4) is 11.1 Å². The van der Waals surface area contributed by atoms with E-state index in [1.54, 1.807) is 0 Å². The first kappa shape index (κ1) is 20.7. The monoisotopic (exact) mass is 436 g/mol. The van der Waals surface area contributed by atoms with E-state index >= 15 is 0 Å². The van der Waals surface area contributed by atoms with Gasteiger partial charge in [0.15, 0.2) is 0 Å². The highest BCUT2D eigenvalue weighted by Crippen LogP contribution is 2.47. The van der Waals surface area contributed by atoms with Gasteiger partial charge in [-0.05, 0) is 84.9 Å². The molecule has 0 aromatic heterocycles. The van der Waals surface area contributed by atoms with Crippen molar-refractivity contribution in [2.75, 3.05) is 18.4 Å². The number of hydrogen-bond donors (Lipinski definition) is 1. The van der Waals surface area contributed by atoms with E-state index in [0.29, 0.717) is 11.5 Å². The molecule has 3 saturated carbocycles. The fourth-order valence-electron chi connectivity index (χ4n) is 5.01. The Kier molecular flexibility index (Phi) is 5.51. The Morgan fingerprint density at radius 3 is 1.97 bits per heavy atom. The zero-order valence-corrected chi connectivity index (χ0v) is 19.1. The number of hydrogen-bond acceptors (Lipinski definition) is 2. The predicted molar refractivity (Wildman–Crippen MR) is 134 cm³/mol. The van der Waals surface area contributed by atoms with Crippen molar-refractivity contribution in [2.24, 2.45) is 11.8 Å². The van der Waals surface area contributed by atoms with Gasteiger partial charge in [-0.25, -0.2) is 0 Å².